The Bertz CT molecular complexity index is 1130. The van der Waals surface area contributed by atoms with E-state index in [1.807, 2.05) is 12.3 Å². The average molecular weight is 790 g/mol. The van der Waals surface area contributed by atoms with Crippen LogP contribution in [-0.4, -0.2) is 36.1 Å². The Labute approximate surface area is 307 Å². The fraction of sp³-hybridized carbons (Fsp3) is 0.553. The van der Waals surface area contributed by atoms with Crippen molar-refractivity contribution in [2.45, 2.75) is 112 Å². The van der Waals surface area contributed by atoms with Crippen LogP contribution >= 0.6 is 0 Å². The molecule has 0 saturated carbocycles. The second-order valence-electron chi connectivity index (χ2n) is 13.4. The first kappa shape index (κ1) is 43.6. The number of nitrogens with zero attached hydrogens (tertiary/aromatic N) is 2. The van der Waals surface area contributed by atoms with Crippen molar-refractivity contribution in [2.75, 3.05) is 36.8 Å². The molecule has 0 unspecified atom stereocenters. The maximum Gasteiger partial charge on any atom is 2.00 e. The van der Waals surface area contributed by atoms with Crippen LogP contribution in [-0.2, 0) is 23.3 Å². The summed E-state index contributed by atoms with van der Waals surface area (Å²) in [7, 11) is 0. The van der Waals surface area contributed by atoms with Crippen LogP contribution in [0.4, 0.5) is 11.4 Å². The van der Waals surface area contributed by atoms with Gasteiger partial charge in [-0.1, -0.05) is 96.8 Å². The smallest absolute Gasteiger partial charge is 1.00 e. The Morgan fingerprint density at radius 2 is 1.00 bits per heavy atom. The van der Waals surface area contributed by atoms with Gasteiger partial charge in [0.2, 0.25) is 0 Å². The number of aryl methyl sites for hydroxylation is 2. The first-order chi connectivity index (χ1) is 20.0. The third-order valence-electron chi connectivity index (χ3n) is 8.19. The molecule has 3 aromatic rings. The molecule has 2 aromatic carbocycles. The maximum atomic E-state index is 4.64. The monoisotopic (exact) mass is 787 g/mol. The summed E-state index contributed by atoms with van der Waals surface area (Å²) >= 11 is 0. The van der Waals surface area contributed by atoms with E-state index in [4.69, 9.17) is 0 Å². The Kier molecular flexibility index (Phi) is 20.8. The van der Waals surface area contributed by atoms with E-state index < -0.39 is 0 Å². The van der Waals surface area contributed by atoms with Gasteiger partial charge in [-0.05, 0) is 84.7 Å². The Hall–Kier alpha value is -1.38. The third kappa shape index (κ3) is 13.3. The largest absolute Gasteiger partial charge is 2.00 e. The van der Waals surface area contributed by atoms with E-state index in [1.165, 1.54) is 44.8 Å². The number of pyridine rings is 1. The van der Waals surface area contributed by atoms with Crippen LogP contribution in [0.5, 0.6) is 0 Å². The summed E-state index contributed by atoms with van der Waals surface area (Å²) in [5.41, 5.74) is 12.3. The molecule has 0 spiro atoms. The van der Waals surface area contributed by atoms with Gasteiger partial charge in [0.25, 0.3) is 0 Å². The van der Waals surface area contributed by atoms with Crippen LogP contribution in [0.1, 0.15) is 131 Å². The fourth-order valence-electron chi connectivity index (χ4n) is 5.94. The third-order valence-corrected chi connectivity index (χ3v) is 8.19. The number of rotatable bonds is 16. The molecular weight excluding hydrogens is 731 g/mol. The molecule has 1 radical (unpaired) electrons. The van der Waals surface area contributed by atoms with Crippen molar-refractivity contribution in [3.8, 4) is 0 Å². The van der Waals surface area contributed by atoms with Crippen molar-refractivity contribution in [2.24, 2.45) is 0 Å². The molecule has 0 amide bonds. The van der Waals surface area contributed by atoms with Gasteiger partial charge in [0.1, 0.15) is 0 Å². The summed E-state index contributed by atoms with van der Waals surface area (Å²) in [5.74, 6) is 2.00. The van der Waals surface area contributed by atoms with Gasteiger partial charge < -0.3 is 44.6 Å². The Morgan fingerprint density at radius 1 is 0.622 bits per heavy atom. The minimum absolute atomic E-state index is 0. The zero-order chi connectivity index (χ0) is 30.8. The van der Waals surface area contributed by atoms with Gasteiger partial charge in [0.05, 0.1) is 5.69 Å². The summed E-state index contributed by atoms with van der Waals surface area (Å²) in [6, 6.07) is 15.7. The van der Waals surface area contributed by atoms with Crippen molar-refractivity contribution in [3.05, 3.63) is 87.7 Å². The second kappa shape index (κ2) is 21.5. The number of halogens is 2. The second-order valence-corrected chi connectivity index (χ2v) is 13.4. The zero-order valence-corrected chi connectivity index (χ0v) is 33.6. The van der Waals surface area contributed by atoms with Gasteiger partial charge >= 0.3 is 16.8 Å². The number of hydrogen-bond acceptors (Lipinski definition) is 4. The molecule has 45 heavy (non-hydrogen) atoms. The molecule has 253 valence electrons. The molecule has 3 rings (SSSR count). The van der Waals surface area contributed by atoms with Crippen LogP contribution in [0.2, 0.25) is 0 Å². The molecule has 0 atom stereocenters. The number of benzene rings is 2. The molecule has 0 bridgehead atoms. The molecule has 0 aliphatic rings. The minimum Gasteiger partial charge on any atom is -1.00 e. The molecule has 1 aromatic heterocycles. The first-order valence-corrected chi connectivity index (χ1v) is 16.4. The van der Waals surface area contributed by atoms with E-state index >= 15 is 0 Å². The molecule has 0 fully saturated rings. The van der Waals surface area contributed by atoms with E-state index in [9.17, 15) is 0 Å². The fourth-order valence-corrected chi connectivity index (χ4v) is 5.94. The molecule has 4 nitrogen and oxygen atoms in total. The minimum atomic E-state index is 0. The van der Waals surface area contributed by atoms with Gasteiger partial charge in [-0.15, -0.1) is 0 Å². The first-order valence-electron chi connectivity index (χ1n) is 16.4. The predicted molar refractivity (Wildman–Crippen MR) is 184 cm³/mol. The van der Waals surface area contributed by atoms with Gasteiger partial charge in [-0.2, -0.15) is 0 Å². The van der Waals surface area contributed by atoms with E-state index in [0.717, 1.165) is 51.3 Å². The molecule has 0 aliphatic carbocycles. The van der Waals surface area contributed by atoms with Gasteiger partial charge in [0.15, 0.2) is 0 Å². The predicted octanol–water partition coefficient (Wildman–Crippen LogP) is 4.00. The molecule has 7 heteroatoms. The van der Waals surface area contributed by atoms with Crippen LogP contribution in [0.15, 0.2) is 48.7 Å². The molecule has 2 N–H and O–H groups in total. The number of hydrogen-bond donors (Lipinski definition) is 2. The average Bonchev–Trinajstić information content (AvgIpc) is 2.93. The van der Waals surface area contributed by atoms with Crippen molar-refractivity contribution < 1.29 is 50.7 Å². The van der Waals surface area contributed by atoms with Crippen molar-refractivity contribution in [1.82, 2.24) is 9.88 Å². The Balaban J connectivity index is 0.00000645. The topological polar surface area (TPSA) is 40.2 Å². The molecule has 0 saturated heterocycles. The Morgan fingerprint density at radius 3 is 1.31 bits per heavy atom. The SMILES string of the molecule is Cc1cc(C(C)C)c(NCCCN(CCCNc2c(C(C)C)cc(C)cc2C(C)C)Cc2ccccn2)c(C(C)C)c1.[Br-].[Br-].[Co+2]. The summed E-state index contributed by atoms with van der Waals surface area (Å²) in [6.07, 6.45) is 4.10. The van der Waals surface area contributed by atoms with Gasteiger partial charge in [-0.3, -0.25) is 9.88 Å². The summed E-state index contributed by atoms with van der Waals surface area (Å²) in [6.45, 7) is 27.8. The molecular formula is C38H58Br2CoN4. The van der Waals surface area contributed by atoms with Crippen LogP contribution in [0, 0.1) is 13.8 Å². The van der Waals surface area contributed by atoms with Crippen molar-refractivity contribution in [3.63, 3.8) is 0 Å². The van der Waals surface area contributed by atoms with Crippen LogP contribution in [0.3, 0.4) is 0 Å². The normalized spacial score (nSPS) is 11.1. The standard InChI is InChI=1S/C38H58N4.2BrH.Co/c1-26(2)33-21-30(9)22-34(27(3)4)37(33)40-17-13-19-42(25-32-15-11-12-16-39-32)20-14-18-41-38-35(28(5)6)23-31(10)24-36(38)29(7)8;;;/h11-12,15-16,21-24,26-29,40-41H,13-14,17-20,25H2,1-10H3;2*1H;/q;;;+2/p-2. The van der Waals surface area contributed by atoms with Crippen LogP contribution in [0.25, 0.3) is 0 Å². The van der Waals surface area contributed by atoms with Crippen LogP contribution < -0.4 is 44.6 Å². The van der Waals surface area contributed by atoms with Gasteiger partial charge in [-0.25, -0.2) is 0 Å². The number of anilines is 2. The zero-order valence-electron chi connectivity index (χ0n) is 29.4. The number of aromatic nitrogens is 1. The molecule has 0 aliphatic heterocycles. The van der Waals surface area contributed by atoms with Gasteiger partial charge in [0, 0.05) is 50.3 Å². The van der Waals surface area contributed by atoms with E-state index in [-0.39, 0.29) is 50.7 Å². The number of nitrogens with one attached hydrogen (secondary N) is 2. The van der Waals surface area contributed by atoms with E-state index in [0.29, 0.717) is 23.7 Å². The summed E-state index contributed by atoms with van der Waals surface area (Å²) < 4.78 is 0. The quantitative estimate of drug-likeness (QED) is 0.216. The summed E-state index contributed by atoms with van der Waals surface area (Å²) in [4.78, 5) is 7.22. The summed E-state index contributed by atoms with van der Waals surface area (Å²) in [5, 5.41) is 7.73. The van der Waals surface area contributed by atoms with E-state index in [1.54, 1.807) is 0 Å². The van der Waals surface area contributed by atoms with E-state index in [2.05, 4.69) is 126 Å². The maximum absolute atomic E-state index is 4.64. The van der Waals surface area contributed by atoms with Crippen molar-refractivity contribution >= 4 is 11.4 Å². The molecule has 1 heterocycles. The van der Waals surface area contributed by atoms with Crippen molar-refractivity contribution in [1.29, 1.82) is 0 Å².